The summed E-state index contributed by atoms with van der Waals surface area (Å²) in [5.74, 6) is -1.50. The van der Waals surface area contributed by atoms with Crippen LogP contribution in [0.3, 0.4) is 0 Å². The SMILES string of the molecule is CC(Cn1ccnc1)NC(=O)NCCOc1ccc(F)cc1F. The van der Waals surface area contributed by atoms with Gasteiger partial charge in [-0.2, -0.15) is 0 Å². The third kappa shape index (κ3) is 5.57. The molecule has 23 heavy (non-hydrogen) atoms. The molecule has 1 aromatic heterocycles. The first-order valence-electron chi connectivity index (χ1n) is 7.12. The number of nitrogens with one attached hydrogen (secondary N) is 2. The summed E-state index contributed by atoms with van der Waals surface area (Å²) in [6, 6.07) is 2.63. The molecule has 0 aliphatic heterocycles. The summed E-state index contributed by atoms with van der Waals surface area (Å²) < 4.78 is 33.0. The summed E-state index contributed by atoms with van der Waals surface area (Å²) in [4.78, 5) is 15.6. The number of carbonyl (C=O) groups excluding carboxylic acids is 1. The van der Waals surface area contributed by atoms with Gasteiger partial charge in [-0.15, -0.1) is 0 Å². The number of amides is 2. The number of imidazole rings is 1. The Morgan fingerprint density at radius 2 is 2.26 bits per heavy atom. The number of carbonyl (C=O) groups is 1. The number of halogens is 2. The third-order valence-electron chi connectivity index (χ3n) is 2.96. The van der Waals surface area contributed by atoms with Crippen LogP contribution in [0.5, 0.6) is 5.75 Å². The van der Waals surface area contributed by atoms with Gasteiger partial charge in [0, 0.05) is 31.0 Å². The quantitative estimate of drug-likeness (QED) is 0.765. The molecule has 124 valence electrons. The fraction of sp³-hybridized carbons (Fsp3) is 0.333. The number of hydrogen-bond acceptors (Lipinski definition) is 3. The molecule has 0 saturated carbocycles. The van der Waals surface area contributed by atoms with E-state index in [0.29, 0.717) is 6.54 Å². The summed E-state index contributed by atoms with van der Waals surface area (Å²) in [6.07, 6.45) is 5.14. The largest absolute Gasteiger partial charge is 0.489 e. The summed E-state index contributed by atoms with van der Waals surface area (Å²) in [6.45, 7) is 2.74. The minimum absolute atomic E-state index is 0.0536. The van der Waals surface area contributed by atoms with Crippen molar-refractivity contribution in [3.63, 3.8) is 0 Å². The Balaban J connectivity index is 1.64. The van der Waals surface area contributed by atoms with Gasteiger partial charge in [-0.1, -0.05) is 0 Å². The predicted octanol–water partition coefficient (Wildman–Crippen LogP) is 1.93. The van der Waals surface area contributed by atoms with Gasteiger partial charge in [0.05, 0.1) is 12.9 Å². The average Bonchev–Trinajstić information content (AvgIpc) is 2.98. The molecule has 2 rings (SSSR count). The topological polar surface area (TPSA) is 68.2 Å². The first-order chi connectivity index (χ1) is 11.0. The summed E-state index contributed by atoms with van der Waals surface area (Å²) in [5.41, 5.74) is 0. The normalized spacial score (nSPS) is 11.8. The molecule has 2 aromatic rings. The maximum atomic E-state index is 13.3. The lowest BCUT2D eigenvalue weighted by molar-refractivity contribution is 0.231. The number of aromatic nitrogens is 2. The maximum Gasteiger partial charge on any atom is 0.315 e. The van der Waals surface area contributed by atoms with Crippen molar-refractivity contribution in [2.45, 2.75) is 19.5 Å². The van der Waals surface area contributed by atoms with Crippen molar-refractivity contribution in [2.75, 3.05) is 13.2 Å². The van der Waals surface area contributed by atoms with Crippen LogP contribution in [0, 0.1) is 11.6 Å². The molecule has 8 heteroatoms. The Bertz CT molecular complexity index is 634. The smallest absolute Gasteiger partial charge is 0.315 e. The van der Waals surface area contributed by atoms with Crippen molar-refractivity contribution < 1.29 is 18.3 Å². The Hall–Kier alpha value is -2.64. The molecule has 1 heterocycles. The molecule has 0 fully saturated rings. The van der Waals surface area contributed by atoms with Crippen LogP contribution in [0.15, 0.2) is 36.9 Å². The Labute approximate surface area is 132 Å². The summed E-state index contributed by atoms with van der Waals surface area (Å²) >= 11 is 0. The van der Waals surface area contributed by atoms with E-state index in [4.69, 9.17) is 4.74 Å². The molecule has 1 aromatic carbocycles. The minimum atomic E-state index is -0.775. The lowest BCUT2D eigenvalue weighted by Gasteiger charge is -2.15. The van der Waals surface area contributed by atoms with Crippen LogP contribution in [0.4, 0.5) is 13.6 Å². The van der Waals surface area contributed by atoms with Crippen LogP contribution in [0.2, 0.25) is 0 Å². The van der Waals surface area contributed by atoms with Gasteiger partial charge in [-0.3, -0.25) is 0 Å². The van der Waals surface area contributed by atoms with Crippen LogP contribution in [0.25, 0.3) is 0 Å². The van der Waals surface area contributed by atoms with E-state index < -0.39 is 11.6 Å². The monoisotopic (exact) mass is 324 g/mol. The average molecular weight is 324 g/mol. The van der Waals surface area contributed by atoms with Crippen LogP contribution in [0.1, 0.15) is 6.92 Å². The molecule has 0 radical (unpaired) electrons. The fourth-order valence-electron chi connectivity index (χ4n) is 1.95. The highest BCUT2D eigenvalue weighted by Gasteiger charge is 2.08. The molecule has 6 nitrogen and oxygen atoms in total. The zero-order valence-electron chi connectivity index (χ0n) is 12.6. The highest BCUT2D eigenvalue weighted by molar-refractivity contribution is 5.74. The number of hydrogen-bond donors (Lipinski definition) is 2. The Kier molecular flexibility index (Phi) is 5.90. The third-order valence-corrected chi connectivity index (χ3v) is 2.96. The van der Waals surface area contributed by atoms with Crippen molar-refractivity contribution in [1.29, 1.82) is 0 Å². The van der Waals surface area contributed by atoms with Gasteiger partial charge in [0.25, 0.3) is 0 Å². The number of ether oxygens (including phenoxy) is 1. The molecule has 0 aliphatic carbocycles. The molecule has 0 bridgehead atoms. The van der Waals surface area contributed by atoms with E-state index in [-0.39, 0.29) is 31.0 Å². The minimum Gasteiger partial charge on any atom is -0.489 e. The van der Waals surface area contributed by atoms with E-state index in [0.717, 1.165) is 12.1 Å². The lowest BCUT2D eigenvalue weighted by Crippen LogP contribution is -2.43. The van der Waals surface area contributed by atoms with E-state index in [1.54, 1.807) is 18.7 Å². The zero-order valence-corrected chi connectivity index (χ0v) is 12.6. The number of rotatable bonds is 7. The fourth-order valence-corrected chi connectivity index (χ4v) is 1.95. The van der Waals surface area contributed by atoms with Gasteiger partial charge < -0.3 is 19.9 Å². The molecule has 2 N–H and O–H groups in total. The number of benzene rings is 1. The standard InChI is InChI=1S/C15H18F2N4O2/c1-11(9-21-6-4-18-10-21)20-15(22)19-5-7-23-14-3-2-12(16)8-13(14)17/h2-4,6,8,10-11H,5,7,9H2,1H3,(H2,19,20,22). The molecule has 1 atom stereocenters. The molecular weight excluding hydrogens is 306 g/mol. The van der Waals surface area contributed by atoms with Gasteiger partial charge in [0.2, 0.25) is 0 Å². The number of nitrogens with zero attached hydrogens (tertiary/aromatic N) is 2. The Morgan fingerprint density at radius 1 is 1.43 bits per heavy atom. The first kappa shape index (κ1) is 16.7. The van der Waals surface area contributed by atoms with Crippen molar-refractivity contribution in [3.05, 3.63) is 48.6 Å². The first-order valence-corrected chi connectivity index (χ1v) is 7.12. The van der Waals surface area contributed by atoms with E-state index in [2.05, 4.69) is 15.6 Å². The summed E-state index contributed by atoms with van der Waals surface area (Å²) in [7, 11) is 0. The van der Waals surface area contributed by atoms with Crippen LogP contribution >= 0.6 is 0 Å². The molecule has 0 spiro atoms. The van der Waals surface area contributed by atoms with Gasteiger partial charge in [-0.05, 0) is 19.1 Å². The second-order valence-electron chi connectivity index (χ2n) is 4.98. The van der Waals surface area contributed by atoms with Gasteiger partial charge in [0.1, 0.15) is 12.4 Å². The van der Waals surface area contributed by atoms with E-state index in [9.17, 15) is 13.6 Å². The number of urea groups is 1. The highest BCUT2D eigenvalue weighted by atomic mass is 19.1. The van der Waals surface area contributed by atoms with Crippen LogP contribution in [-0.4, -0.2) is 34.8 Å². The molecular formula is C15H18F2N4O2. The van der Waals surface area contributed by atoms with Crippen molar-refractivity contribution in [2.24, 2.45) is 0 Å². The molecule has 0 aliphatic rings. The van der Waals surface area contributed by atoms with Gasteiger partial charge in [0.15, 0.2) is 11.6 Å². The molecule has 0 saturated heterocycles. The van der Waals surface area contributed by atoms with Crippen molar-refractivity contribution >= 4 is 6.03 Å². The van der Waals surface area contributed by atoms with Crippen LogP contribution < -0.4 is 15.4 Å². The van der Waals surface area contributed by atoms with Gasteiger partial charge in [-0.25, -0.2) is 18.6 Å². The molecule has 1 unspecified atom stereocenters. The second kappa shape index (κ2) is 8.11. The van der Waals surface area contributed by atoms with Crippen molar-refractivity contribution in [3.8, 4) is 5.75 Å². The predicted molar refractivity (Wildman–Crippen MR) is 80.1 cm³/mol. The van der Waals surface area contributed by atoms with E-state index >= 15 is 0 Å². The van der Waals surface area contributed by atoms with Crippen LogP contribution in [-0.2, 0) is 6.54 Å². The van der Waals surface area contributed by atoms with Crippen molar-refractivity contribution in [1.82, 2.24) is 20.2 Å². The van der Waals surface area contributed by atoms with E-state index in [1.165, 1.54) is 6.07 Å². The highest BCUT2D eigenvalue weighted by Crippen LogP contribution is 2.17. The van der Waals surface area contributed by atoms with Gasteiger partial charge >= 0.3 is 6.03 Å². The molecule has 2 amide bonds. The van der Waals surface area contributed by atoms with E-state index in [1.807, 2.05) is 11.5 Å². The Morgan fingerprint density at radius 3 is 2.96 bits per heavy atom. The maximum absolute atomic E-state index is 13.3. The lowest BCUT2D eigenvalue weighted by atomic mass is 10.3. The zero-order chi connectivity index (χ0) is 16.7. The summed E-state index contributed by atoms with van der Waals surface area (Å²) in [5, 5.41) is 5.36. The second-order valence-corrected chi connectivity index (χ2v) is 4.98.